The number of anilines is 1. The second kappa shape index (κ2) is 14.2. The van der Waals surface area contributed by atoms with Crippen molar-refractivity contribution < 1.29 is 22.7 Å². The van der Waals surface area contributed by atoms with Crippen molar-refractivity contribution in [3.8, 4) is 5.75 Å². The number of nitrogens with zero attached hydrogens (tertiary/aromatic N) is 2. The second-order valence-electron chi connectivity index (χ2n) is 10.1. The molecule has 1 N–H and O–H groups in total. The van der Waals surface area contributed by atoms with E-state index in [1.54, 1.807) is 42.5 Å². The SMILES string of the molecule is CCOc1ccccc1N(CC(=O)N(Cc1ccccc1)[C@H](CC)C(=O)NC1CCCC1)S(=O)(=O)c1ccccc1. The normalized spacial score (nSPS) is 14.3. The zero-order valence-electron chi connectivity index (χ0n) is 23.7. The van der Waals surface area contributed by atoms with E-state index in [2.05, 4.69) is 5.32 Å². The molecule has 1 aliphatic carbocycles. The fourth-order valence-electron chi connectivity index (χ4n) is 5.24. The Morgan fingerprint density at radius 2 is 1.51 bits per heavy atom. The van der Waals surface area contributed by atoms with Crippen LogP contribution in [-0.4, -0.2) is 50.4 Å². The van der Waals surface area contributed by atoms with Crippen LogP contribution in [0.1, 0.15) is 51.5 Å². The topological polar surface area (TPSA) is 96.0 Å². The van der Waals surface area contributed by atoms with E-state index in [4.69, 9.17) is 4.74 Å². The monoisotopic (exact) mass is 577 g/mol. The summed E-state index contributed by atoms with van der Waals surface area (Å²) in [5, 5.41) is 3.13. The lowest BCUT2D eigenvalue weighted by Gasteiger charge is -2.34. The maximum Gasteiger partial charge on any atom is 0.264 e. The van der Waals surface area contributed by atoms with Crippen molar-refractivity contribution in [3.63, 3.8) is 0 Å². The highest BCUT2D eigenvalue weighted by atomic mass is 32.2. The van der Waals surface area contributed by atoms with Crippen LogP contribution in [0.15, 0.2) is 89.8 Å². The van der Waals surface area contributed by atoms with Gasteiger partial charge in [0.2, 0.25) is 11.8 Å². The molecular formula is C32H39N3O5S. The van der Waals surface area contributed by atoms with Gasteiger partial charge in [0.05, 0.1) is 17.2 Å². The smallest absolute Gasteiger partial charge is 0.264 e. The third kappa shape index (κ3) is 7.47. The van der Waals surface area contributed by atoms with Crippen LogP contribution >= 0.6 is 0 Å². The van der Waals surface area contributed by atoms with Gasteiger partial charge < -0.3 is 15.0 Å². The van der Waals surface area contributed by atoms with Gasteiger partial charge in [-0.05, 0) is 56.0 Å². The molecule has 218 valence electrons. The standard InChI is InChI=1S/C32H39N3O5S/c1-3-28(32(37)33-26-17-11-12-18-26)34(23-25-15-7-5-8-16-25)31(36)24-35(29-21-13-14-22-30(29)40-4-2)41(38,39)27-19-9-6-10-20-27/h5-10,13-16,19-22,26,28H,3-4,11-12,17-18,23-24H2,1-2H3,(H,33,37)/t28-/m1/s1. The molecule has 0 radical (unpaired) electrons. The molecule has 1 saturated carbocycles. The average molecular weight is 578 g/mol. The zero-order valence-corrected chi connectivity index (χ0v) is 24.6. The minimum absolute atomic E-state index is 0.0553. The van der Waals surface area contributed by atoms with E-state index in [9.17, 15) is 18.0 Å². The largest absolute Gasteiger partial charge is 0.492 e. The number of carbonyl (C=O) groups excluding carboxylic acids is 2. The van der Waals surface area contributed by atoms with Crippen LogP contribution in [0.25, 0.3) is 0 Å². The summed E-state index contributed by atoms with van der Waals surface area (Å²) in [7, 11) is -4.16. The second-order valence-corrected chi connectivity index (χ2v) is 12.0. The number of nitrogens with one attached hydrogen (secondary N) is 1. The number of hydrogen-bond donors (Lipinski definition) is 1. The predicted molar refractivity (Wildman–Crippen MR) is 160 cm³/mol. The van der Waals surface area contributed by atoms with Gasteiger partial charge in [0, 0.05) is 12.6 Å². The van der Waals surface area contributed by atoms with Crippen molar-refractivity contribution in [2.24, 2.45) is 0 Å². The first kappa shape index (κ1) is 30.1. The summed E-state index contributed by atoms with van der Waals surface area (Å²) in [5.41, 5.74) is 1.11. The van der Waals surface area contributed by atoms with E-state index >= 15 is 0 Å². The number of hydrogen-bond acceptors (Lipinski definition) is 5. The van der Waals surface area contributed by atoms with Crippen LogP contribution in [0.3, 0.4) is 0 Å². The molecule has 9 heteroatoms. The third-order valence-electron chi connectivity index (χ3n) is 7.33. The Bertz CT molecular complexity index is 1390. The van der Waals surface area contributed by atoms with Gasteiger partial charge in [-0.25, -0.2) is 8.42 Å². The molecule has 0 aliphatic heterocycles. The highest BCUT2D eigenvalue weighted by Crippen LogP contribution is 2.33. The van der Waals surface area contributed by atoms with Gasteiger partial charge in [0.15, 0.2) is 0 Å². The first-order chi connectivity index (χ1) is 19.8. The molecule has 0 saturated heterocycles. The molecule has 3 aromatic rings. The highest BCUT2D eigenvalue weighted by molar-refractivity contribution is 7.92. The van der Waals surface area contributed by atoms with Gasteiger partial charge in [-0.2, -0.15) is 0 Å². The highest BCUT2D eigenvalue weighted by Gasteiger charge is 2.35. The molecule has 4 rings (SSSR count). The van der Waals surface area contributed by atoms with Crippen LogP contribution < -0.4 is 14.4 Å². The quantitative estimate of drug-likeness (QED) is 0.303. The van der Waals surface area contributed by atoms with Gasteiger partial charge in [0.1, 0.15) is 18.3 Å². The minimum Gasteiger partial charge on any atom is -0.492 e. The van der Waals surface area contributed by atoms with E-state index in [0.29, 0.717) is 18.8 Å². The number of sulfonamides is 1. The van der Waals surface area contributed by atoms with Gasteiger partial charge in [0.25, 0.3) is 10.0 Å². The molecule has 1 fully saturated rings. The molecule has 0 heterocycles. The van der Waals surface area contributed by atoms with E-state index in [0.717, 1.165) is 35.6 Å². The van der Waals surface area contributed by atoms with Gasteiger partial charge in [-0.15, -0.1) is 0 Å². The van der Waals surface area contributed by atoms with E-state index in [1.807, 2.05) is 44.2 Å². The molecule has 0 bridgehead atoms. The Kier molecular flexibility index (Phi) is 10.4. The molecule has 0 unspecified atom stereocenters. The number of rotatable bonds is 13. The number of carbonyl (C=O) groups is 2. The fourth-order valence-corrected chi connectivity index (χ4v) is 6.69. The van der Waals surface area contributed by atoms with Gasteiger partial charge in [-0.1, -0.05) is 80.4 Å². The fraction of sp³-hybridized carbons (Fsp3) is 0.375. The van der Waals surface area contributed by atoms with Crippen LogP contribution in [0.2, 0.25) is 0 Å². The van der Waals surface area contributed by atoms with Crippen molar-refractivity contribution in [2.45, 2.75) is 69.5 Å². The molecule has 0 spiro atoms. The maximum absolute atomic E-state index is 14.2. The van der Waals surface area contributed by atoms with E-state index < -0.39 is 28.5 Å². The van der Waals surface area contributed by atoms with Crippen molar-refractivity contribution in [1.82, 2.24) is 10.2 Å². The van der Waals surface area contributed by atoms with Gasteiger partial charge in [-0.3, -0.25) is 13.9 Å². The summed E-state index contributed by atoms with van der Waals surface area (Å²) in [5.74, 6) is -0.341. The molecular weight excluding hydrogens is 538 g/mol. The Morgan fingerprint density at radius 1 is 0.902 bits per heavy atom. The lowest BCUT2D eigenvalue weighted by molar-refractivity contribution is -0.140. The van der Waals surface area contributed by atoms with E-state index in [1.165, 1.54) is 17.0 Å². The molecule has 1 atom stereocenters. The van der Waals surface area contributed by atoms with Crippen molar-refractivity contribution in [2.75, 3.05) is 17.5 Å². The Morgan fingerprint density at radius 3 is 2.15 bits per heavy atom. The summed E-state index contributed by atoms with van der Waals surface area (Å²) in [6.45, 7) is 3.68. The van der Waals surface area contributed by atoms with Crippen LogP contribution in [0.5, 0.6) is 5.75 Å². The molecule has 2 amide bonds. The lowest BCUT2D eigenvalue weighted by Crippen LogP contribution is -2.53. The first-order valence-corrected chi connectivity index (χ1v) is 15.7. The van der Waals surface area contributed by atoms with Crippen molar-refractivity contribution >= 4 is 27.5 Å². The minimum atomic E-state index is -4.16. The van der Waals surface area contributed by atoms with Crippen LogP contribution in [0, 0.1) is 0 Å². The number of benzene rings is 3. The van der Waals surface area contributed by atoms with Crippen molar-refractivity contribution in [1.29, 1.82) is 0 Å². The average Bonchev–Trinajstić information content (AvgIpc) is 3.50. The summed E-state index contributed by atoms with van der Waals surface area (Å²) in [6, 6.07) is 23.6. The number of ether oxygens (including phenoxy) is 1. The van der Waals surface area contributed by atoms with E-state index in [-0.39, 0.29) is 29.1 Å². The van der Waals surface area contributed by atoms with Gasteiger partial charge >= 0.3 is 0 Å². The Balaban J connectivity index is 1.73. The summed E-state index contributed by atoms with van der Waals surface area (Å²) >= 11 is 0. The number of para-hydroxylation sites is 2. The molecule has 0 aromatic heterocycles. The third-order valence-corrected chi connectivity index (χ3v) is 9.10. The molecule has 41 heavy (non-hydrogen) atoms. The first-order valence-electron chi connectivity index (χ1n) is 14.3. The number of amides is 2. The van der Waals surface area contributed by atoms with Crippen molar-refractivity contribution in [3.05, 3.63) is 90.5 Å². The summed E-state index contributed by atoms with van der Waals surface area (Å²) in [4.78, 5) is 29.3. The summed E-state index contributed by atoms with van der Waals surface area (Å²) < 4.78 is 34.9. The summed E-state index contributed by atoms with van der Waals surface area (Å²) in [6.07, 6.45) is 4.37. The maximum atomic E-state index is 14.2. The lowest BCUT2D eigenvalue weighted by atomic mass is 10.1. The predicted octanol–water partition coefficient (Wildman–Crippen LogP) is 5.15. The van der Waals surface area contributed by atoms with Crippen LogP contribution in [0.4, 0.5) is 5.69 Å². The Labute approximate surface area is 243 Å². The molecule has 1 aliphatic rings. The van der Waals surface area contributed by atoms with Crippen LogP contribution in [-0.2, 0) is 26.2 Å². The molecule has 3 aromatic carbocycles. The molecule has 8 nitrogen and oxygen atoms in total. The zero-order chi connectivity index (χ0) is 29.2. The Hall–Kier alpha value is -3.85.